The first-order chi connectivity index (χ1) is 14.5. The van der Waals surface area contributed by atoms with E-state index in [1.807, 2.05) is 4.90 Å². The standard InChI is InChI=1S/C22H25FN4O3/c23-17-14-25-4-1-18(17)26-7-2-22(3-8-26)13-16-19(28)11-15(12-20(16)30-22)21(29)27-9-5-24-6-10-27/h1,4-6,9,14-16,20H,2-3,7-8,10-13H2. The number of aromatic nitrogens is 1. The van der Waals surface area contributed by atoms with Crippen molar-refractivity contribution in [2.45, 2.75) is 43.8 Å². The van der Waals surface area contributed by atoms with Crippen LogP contribution in [0.3, 0.4) is 0 Å². The number of piperidine rings is 1. The third-order valence-electron chi connectivity index (χ3n) is 6.94. The summed E-state index contributed by atoms with van der Waals surface area (Å²) in [5, 5.41) is 0. The molecule has 3 atom stereocenters. The highest BCUT2D eigenvalue weighted by Gasteiger charge is 2.53. The van der Waals surface area contributed by atoms with E-state index in [1.54, 1.807) is 35.8 Å². The van der Waals surface area contributed by atoms with Gasteiger partial charge in [0.15, 0.2) is 5.82 Å². The van der Waals surface area contributed by atoms with Crippen LogP contribution in [0, 0.1) is 17.7 Å². The number of hydrogen-bond donors (Lipinski definition) is 0. The Labute approximate surface area is 174 Å². The van der Waals surface area contributed by atoms with Crippen LogP contribution in [0.25, 0.3) is 0 Å². The smallest absolute Gasteiger partial charge is 0.230 e. The number of ketones is 1. The lowest BCUT2D eigenvalue weighted by atomic mass is 9.75. The quantitative estimate of drug-likeness (QED) is 0.745. The fourth-order valence-electron chi connectivity index (χ4n) is 5.34. The van der Waals surface area contributed by atoms with Crippen LogP contribution in [-0.4, -0.2) is 59.1 Å². The number of halogens is 1. The van der Waals surface area contributed by atoms with Gasteiger partial charge in [-0.05, 0) is 31.7 Å². The molecule has 3 unspecified atom stereocenters. The average molecular weight is 412 g/mol. The van der Waals surface area contributed by atoms with E-state index in [-0.39, 0.29) is 47.5 Å². The fraction of sp³-hybridized carbons (Fsp3) is 0.545. The van der Waals surface area contributed by atoms with E-state index in [9.17, 15) is 14.0 Å². The van der Waals surface area contributed by atoms with Crippen LogP contribution in [0.15, 0.2) is 35.9 Å². The molecular formula is C22H25FN4O3. The summed E-state index contributed by atoms with van der Waals surface area (Å²) in [6.07, 6.45) is 10.7. The molecule has 4 aliphatic rings. The van der Waals surface area contributed by atoms with Crippen LogP contribution in [0.4, 0.5) is 10.1 Å². The van der Waals surface area contributed by atoms with Crippen molar-refractivity contribution in [2.24, 2.45) is 16.8 Å². The Morgan fingerprint density at radius 2 is 2.13 bits per heavy atom. The maximum absolute atomic E-state index is 14.1. The van der Waals surface area contributed by atoms with Crippen molar-refractivity contribution in [3.63, 3.8) is 0 Å². The van der Waals surface area contributed by atoms with Crippen molar-refractivity contribution in [1.82, 2.24) is 9.88 Å². The van der Waals surface area contributed by atoms with Gasteiger partial charge in [-0.25, -0.2) is 4.39 Å². The minimum atomic E-state index is -0.347. The molecule has 5 rings (SSSR count). The SMILES string of the molecule is O=C1CC(C(=O)N2C=CN=CC2)CC2OC3(CCN(c4ccncc4F)CC3)CC12. The second-order valence-electron chi connectivity index (χ2n) is 8.69. The van der Waals surface area contributed by atoms with Gasteiger partial charge < -0.3 is 14.5 Å². The first kappa shape index (κ1) is 19.4. The zero-order valence-corrected chi connectivity index (χ0v) is 16.7. The van der Waals surface area contributed by atoms with E-state index in [4.69, 9.17) is 4.74 Å². The molecule has 3 aliphatic heterocycles. The molecule has 1 aromatic rings. The molecular weight excluding hydrogens is 387 g/mol. The van der Waals surface area contributed by atoms with E-state index < -0.39 is 0 Å². The predicted octanol–water partition coefficient (Wildman–Crippen LogP) is 2.33. The van der Waals surface area contributed by atoms with Gasteiger partial charge in [-0.3, -0.25) is 19.6 Å². The molecule has 158 valence electrons. The van der Waals surface area contributed by atoms with E-state index in [0.717, 1.165) is 12.8 Å². The van der Waals surface area contributed by atoms with Gasteiger partial charge in [0.2, 0.25) is 5.91 Å². The van der Waals surface area contributed by atoms with Crippen molar-refractivity contribution in [3.05, 3.63) is 36.7 Å². The van der Waals surface area contributed by atoms with Gasteiger partial charge in [0.1, 0.15) is 5.78 Å². The first-order valence-electron chi connectivity index (χ1n) is 10.6. The van der Waals surface area contributed by atoms with Crippen molar-refractivity contribution >= 4 is 23.6 Å². The molecule has 7 nitrogen and oxygen atoms in total. The van der Waals surface area contributed by atoms with Gasteiger partial charge in [-0.15, -0.1) is 0 Å². The third-order valence-corrected chi connectivity index (χ3v) is 6.94. The topological polar surface area (TPSA) is 75.1 Å². The molecule has 1 amide bonds. The highest BCUT2D eigenvalue weighted by atomic mass is 19.1. The van der Waals surface area contributed by atoms with Crippen LogP contribution in [0.2, 0.25) is 0 Å². The Balaban J connectivity index is 1.24. The van der Waals surface area contributed by atoms with Crippen molar-refractivity contribution in [3.8, 4) is 0 Å². The van der Waals surface area contributed by atoms with Gasteiger partial charge in [0.25, 0.3) is 0 Å². The van der Waals surface area contributed by atoms with Gasteiger partial charge in [-0.1, -0.05) is 0 Å². The predicted molar refractivity (Wildman–Crippen MR) is 108 cm³/mol. The number of fused-ring (bicyclic) bond motifs is 1. The number of nitrogens with zero attached hydrogens (tertiary/aromatic N) is 4. The van der Waals surface area contributed by atoms with E-state index >= 15 is 0 Å². The van der Waals surface area contributed by atoms with Gasteiger partial charge in [0, 0.05) is 56.2 Å². The summed E-state index contributed by atoms with van der Waals surface area (Å²) in [5.74, 6) is -0.675. The lowest BCUT2D eigenvalue weighted by Crippen LogP contribution is -2.45. The second kappa shape index (κ2) is 7.58. The summed E-state index contributed by atoms with van der Waals surface area (Å²) in [7, 11) is 0. The summed E-state index contributed by atoms with van der Waals surface area (Å²) in [6.45, 7) is 1.80. The number of pyridine rings is 1. The molecule has 8 heteroatoms. The monoisotopic (exact) mass is 412 g/mol. The number of amides is 1. The minimum Gasteiger partial charge on any atom is -0.371 e. The Hall–Kier alpha value is -2.61. The molecule has 0 N–H and O–H groups in total. The Bertz CT molecular complexity index is 909. The van der Waals surface area contributed by atoms with Crippen molar-refractivity contribution < 1.29 is 18.7 Å². The largest absolute Gasteiger partial charge is 0.371 e. The molecule has 1 aromatic heterocycles. The number of hydrogen-bond acceptors (Lipinski definition) is 6. The molecule has 1 saturated carbocycles. The third kappa shape index (κ3) is 3.43. The van der Waals surface area contributed by atoms with Gasteiger partial charge in [0.05, 0.1) is 30.1 Å². The molecule has 30 heavy (non-hydrogen) atoms. The molecule has 1 aliphatic carbocycles. The summed E-state index contributed by atoms with van der Waals surface area (Å²) >= 11 is 0. The van der Waals surface area contributed by atoms with Crippen molar-refractivity contribution in [1.29, 1.82) is 0 Å². The minimum absolute atomic E-state index is 0.0308. The maximum Gasteiger partial charge on any atom is 0.230 e. The van der Waals surface area contributed by atoms with Gasteiger partial charge in [-0.2, -0.15) is 0 Å². The molecule has 0 aromatic carbocycles. The number of aliphatic imine (C=N–C) groups is 1. The zero-order chi connectivity index (χ0) is 20.7. The Kier molecular flexibility index (Phi) is 4.89. The fourth-order valence-corrected chi connectivity index (χ4v) is 5.34. The van der Waals surface area contributed by atoms with E-state index in [1.165, 1.54) is 6.20 Å². The lowest BCUT2D eigenvalue weighted by Gasteiger charge is -2.40. The van der Waals surface area contributed by atoms with E-state index in [0.29, 0.717) is 38.2 Å². The summed E-state index contributed by atoms with van der Waals surface area (Å²) in [4.78, 5) is 37.2. The molecule has 0 radical (unpaired) electrons. The molecule has 4 heterocycles. The zero-order valence-electron chi connectivity index (χ0n) is 16.7. The van der Waals surface area contributed by atoms with Crippen LogP contribution >= 0.6 is 0 Å². The molecule has 2 saturated heterocycles. The van der Waals surface area contributed by atoms with Crippen LogP contribution in [0.1, 0.15) is 32.1 Å². The number of anilines is 1. The normalized spacial score (nSPS) is 30.0. The number of Topliss-reactive ketones (excluding diaryl/α,β-unsaturated/α-hetero) is 1. The number of carbonyl (C=O) groups excluding carboxylic acids is 2. The summed E-state index contributed by atoms with van der Waals surface area (Å²) < 4.78 is 20.6. The first-order valence-corrected chi connectivity index (χ1v) is 10.6. The Morgan fingerprint density at radius 1 is 1.30 bits per heavy atom. The maximum atomic E-state index is 14.1. The number of ether oxygens (including phenoxy) is 1. The number of rotatable bonds is 2. The molecule has 0 bridgehead atoms. The van der Waals surface area contributed by atoms with Crippen LogP contribution < -0.4 is 4.90 Å². The van der Waals surface area contributed by atoms with Gasteiger partial charge >= 0.3 is 0 Å². The Morgan fingerprint density at radius 3 is 2.87 bits per heavy atom. The highest BCUT2D eigenvalue weighted by Crippen LogP contribution is 2.48. The molecule has 1 spiro atoms. The number of carbonyl (C=O) groups is 2. The summed E-state index contributed by atoms with van der Waals surface area (Å²) in [6, 6.07) is 1.70. The van der Waals surface area contributed by atoms with Crippen LogP contribution in [0.5, 0.6) is 0 Å². The highest BCUT2D eigenvalue weighted by molar-refractivity contribution is 5.91. The summed E-state index contributed by atoms with van der Waals surface area (Å²) in [5.41, 5.74) is 0.218. The van der Waals surface area contributed by atoms with Crippen molar-refractivity contribution in [2.75, 3.05) is 24.5 Å². The second-order valence-corrected chi connectivity index (χ2v) is 8.69. The lowest BCUT2D eigenvalue weighted by molar-refractivity contribution is -0.143. The molecule has 3 fully saturated rings. The van der Waals surface area contributed by atoms with Crippen LogP contribution in [-0.2, 0) is 14.3 Å². The van der Waals surface area contributed by atoms with E-state index in [2.05, 4.69) is 9.98 Å². The average Bonchev–Trinajstić information content (AvgIpc) is 3.13.